The van der Waals surface area contributed by atoms with Crippen molar-refractivity contribution >= 4 is 52.9 Å². The number of carboxylic acid groups (broad SMARTS) is 1. The highest BCUT2D eigenvalue weighted by Gasteiger charge is 2.15. The van der Waals surface area contributed by atoms with Gasteiger partial charge in [-0.15, -0.1) is 11.8 Å². The fourth-order valence-corrected chi connectivity index (χ4v) is 4.23. The molecule has 40 heavy (non-hydrogen) atoms. The van der Waals surface area contributed by atoms with Crippen LogP contribution in [0, 0.1) is 0 Å². The van der Waals surface area contributed by atoms with Crippen LogP contribution in [0.2, 0.25) is 0 Å². The van der Waals surface area contributed by atoms with Crippen LogP contribution in [0.25, 0.3) is 6.08 Å². The van der Waals surface area contributed by atoms with E-state index in [1.165, 1.54) is 36.0 Å². The molecular formula is C31H25N3O5S. The number of thioether (sulfide) groups is 1. The summed E-state index contributed by atoms with van der Waals surface area (Å²) in [6.45, 7) is 0. The summed E-state index contributed by atoms with van der Waals surface area (Å²) in [6, 6.07) is 30.7. The molecule has 4 aromatic carbocycles. The molecule has 0 radical (unpaired) electrons. The van der Waals surface area contributed by atoms with Gasteiger partial charge in [0, 0.05) is 21.8 Å². The molecule has 0 aromatic heterocycles. The average molecular weight is 552 g/mol. The summed E-state index contributed by atoms with van der Waals surface area (Å²) >= 11 is 1.31. The van der Waals surface area contributed by atoms with Gasteiger partial charge in [0.15, 0.2) is 0 Å². The van der Waals surface area contributed by atoms with Crippen molar-refractivity contribution in [2.45, 2.75) is 4.90 Å². The third-order valence-corrected chi connectivity index (χ3v) is 6.55. The first-order valence-electron chi connectivity index (χ1n) is 12.2. The van der Waals surface area contributed by atoms with Gasteiger partial charge in [-0.25, -0.2) is 4.79 Å². The van der Waals surface area contributed by atoms with Gasteiger partial charge in [0.2, 0.25) is 5.91 Å². The largest absolute Gasteiger partial charge is 0.478 e. The Kier molecular flexibility index (Phi) is 9.47. The van der Waals surface area contributed by atoms with Crippen molar-refractivity contribution in [1.82, 2.24) is 5.32 Å². The molecule has 4 N–H and O–H groups in total. The predicted octanol–water partition coefficient (Wildman–Crippen LogP) is 5.53. The van der Waals surface area contributed by atoms with E-state index in [2.05, 4.69) is 16.0 Å². The molecule has 0 atom stereocenters. The fraction of sp³-hybridized carbons (Fsp3) is 0.0323. The summed E-state index contributed by atoms with van der Waals surface area (Å²) in [5.41, 5.74) is 2.44. The molecule has 8 nitrogen and oxygen atoms in total. The maximum Gasteiger partial charge on any atom is 0.335 e. The zero-order valence-electron chi connectivity index (χ0n) is 21.2. The van der Waals surface area contributed by atoms with Crippen LogP contribution in [0.5, 0.6) is 0 Å². The van der Waals surface area contributed by atoms with Gasteiger partial charge < -0.3 is 21.1 Å². The minimum atomic E-state index is -1.03. The zero-order chi connectivity index (χ0) is 28.3. The van der Waals surface area contributed by atoms with Crippen molar-refractivity contribution in [3.8, 4) is 0 Å². The molecule has 0 heterocycles. The van der Waals surface area contributed by atoms with Crippen molar-refractivity contribution in [3.63, 3.8) is 0 Å². The van der Waals surface area contributed by atoms with Crippen LogP contribution in [0.3, 0.4) is 0 Å². The number of aromatic carboxylic acids is 1. The zero-order valence-corrected chi connectivity index (χ0v) is 22.0. The summed E-state index contributed by atoms with van der Waals surface area (Å²) in [4.78, 5) is 49.9. The van der Waals surface area contributed by atoms with Gasteiger partial charge in [0.1, 0.15) is 5.70 Å². The van der Waals surface area contributed by atoms with E-state index >= 15 is 0 Å². The third kappa shape index (κ3) is 8.17. The molecule has 0 unspecified atom stereocenters. The number of anilines is 2. The lowest BCUT2D eigenvalue weighted by Gasteiger charge is -2.12. The Balaban J connectivity index is 1.36. The molecule has 200 valence electrons. The van der Waals surface area contributed by atoms with E-state index in [4.69, 9.17) is 5.11 Å². The Morgan fingerprint density at radius 3 is 1.88 bits per heavy atom. The first-order valence-corrected chi connectivity index (χ1v) is 13.2. The number of carbonyl (C=O) groups excluding carboxylic acids is 3. The van der Waals surface area contributed by atoms with Gasteiger partial charge in [0.25, 0.3) is 11.8 Å². The summed E-state index contributed by atoms with van der Waals surface area (Å²) in [6.07, 6.45) is 1.61. The van der Waals surface area contributed by atoms with Crippen LogP contribution < -0.4 is 16.0 Å². The van der Waals surface area contributed by atoms with Crippen molar-refractivity contribution in [2.24, 2.45) is 0 Å². The molecule has 9 heteroatoms. The molecule has 4 aromatic rings. The molecule has 0 aliphatic heterocycles. The van der Waals surface area contributed by atoms with Crippen LogP contribution in [-0.2, 0) is 9.59 Å². The Morgan fingerprint density at radius 1 is 0.675 bits per heavy atom. The standard InChI is InChI=1S/C31H25N3O5S/c35-28(32-24-13-11-23(12-14-24)31(38)39)20-40-26-17-15-25(16-18-26)33-30(37)27(19-21-7-3-1-4-8-21)34-29(36)22-9-5-2-6-10-22/h1-19H,20H2,(H,32,35)(H,33,37)(H,34,36)(H,38,39)/b27-19-. The Bertz CT molecular complexity index is 1520. The summed E-state index contributed by atoms with van der Waals surface area (Å²) in [5, 5.41) is 17.2. The lowest BCUT2D eigenvalue weighted by molar-refractivity contribution is -0.114. The smallest absolute Gasteiger partial charge is 0.335 e. The molecule has 0 aliphatic rings. The molecule has 0 fully saturated rings. The fourth-order valence-electron chi connectivity index (χ4n) is 3.53. The van der Waals surface area contributed by atoms with Gasteiger partial charge in [-0.3, -0.25) is 14.4 Å². The van der Waals surface area contributed by atoms with Crippen molar-refractivity contribution in [1.29, 1.82) is 0 Å². The first-order chi connectivity index (χ1) is 19.4. The summed E-state index contributed by atoms with van der Waals surface area (Å²) < 4.78 is 0. The van der Waals surface area contributed by atoms with Crippen LogP contribution >= 0.6 is 11.8 Å². The summed E-state index contributed by atoms with van der Waals surface area (Å²) in [5.74, 6) is -2.02. The molecule has 0 bridgehead atoms. The van der Waals surface area contributed by atoms with Gasteiger partial charge >= 0.3 is 5.97 Å². The Hall–Kier alpha value is -5.15. The highest BCUT2D eigenvalue weighted by Crippen LogP contribution is 2.21. The number of benzene rings is 4. The highest BCUT2D eigenvalue weighted by atomic mass is 32.2. The van der Waals surface area contributed by atoms with Gasteiger partial charge in [-0.1, -0.05) is 48.5 Å². The molecule has 0 saturated heterocycles. The molecule has 3 amide bonds. The first kappa shape index (κ1) is 27.9. The lowest BCUT2D eigenvalue weighted by Crippen LogP contribution is -2.30. The third-order valence-electron chi connectivity index (χ3n) is 5.54. The topological polar surface area (TPSA) is 125 Å². The number of carbonyl (C=O) groups is 4. The molecule has 0 spiro atoms. The Labute approximate surface area is 235 Å². The van der Waals surface area contributed by atoms with Crippen LogP contribution in [-0.4, -0.2) is 34.6 Å². The number of nitrogens with one attached hydrogen (secondary N) is 3. The van der Waals surface area contributed by atoms with E-state index in [1.54, 1.807) is 60.7 Å². The monoisotopic (exact) mass is 551 g/mol. The number of amides is 3. The molecule has 0 saturated carbocycles. The van der Waals surface area contributed by atoms with E-state index in [9.17, 15) is 19.2 Å². The van der Waals surface area contributed by atoms with Crippen LogP contribution in [0.1, 0.15) is 26.3 Å². The molecule has 0 aliphatic carbocycles. The average Bonchev–Trinajstić information content (AvgIpc) is 2.97. The van der Waals surface area contributed by atoms with Crippen LogP contribution in [0.15, 0.2) is 120 Å². The van der Waals surface area contributed by atoms with E-state index in [0.29, 0.717) is 16.9 Å². The minimum absolute atomic E-state index is 0.0894. The maximum absolute atomic E-state index is 13.1. The summed E-state index contributed by atoms with van der Waals surface area (Å²) in [7, 11) is 0. The molecular weight excluding hydrogens is 526 g/mol. The quantitative estimate of drug-likeness (QED) is 0.152. The highest BCUT2D eigenvalue weighted by molar-refractivity contribution is 8.00. The number of carboxylic acids is 1. The predicted molar refractivity (Wildman–Crippen MR) is 156 cm³/mol. The second-order valence-corrected chi connectivity index (χ2v) is 9.54. The van der Waals surface area contributed by atoms with E-state index in [-0.39, 0.29) is 22.9 Å². The number of hydrogen-bond donors (Lipinski definition) is 4. The second kappa shape index (κ2) is 13.6. The van der Waals surface area contributed by atoms with E-state index in [1.807, 2.05) is 30.3 Å². The van der Waals surface area contributed by atoms with Gasteiger partial charge in [-0.2, -0.15) is 0 Å². The van der Waals surface area contributed by atoms with E-state index < -0.39 is 17.8 Å². The van der Waals surface area contributed by atoms with E-state index in [0.717, 1.165) is 10.5 Å². The Morgan fingerprint density at radius 2 is 1.25 bits per heavy atom. The van der Waals surface area contributed by atoms with Gasteiger partial charge in [0.05, 0.1) is 11.3 Å². The second-order valence-electron chi connectivity index (χ2n) is 8.49. The number of rotatable bonds is 10. The molecule has 4 rings (SSSR count). The number of hydrogen-bond acceptors (Lipinski definition) is 5. The van der Waals surface area contributed by atoms with Crippen molar-refractivity contribution in [2.75, 3.05) is 16.4 Å². The van der Waals surface area contributed by atoms with Gasteiger partial charge in [-0.05, 0) is 72.3 Å². The SMILES string of the molecule is O=C(CSc1ccc(NC(=O)/C(=C/c2ccccc2)NC(=O)c2ccccc2)cc1)Nc1ccc(C(=O)O)cc1. The van der Waals surface area contributed by atoms with Crippen LogP contribution in [0.4, 0.5) is 11.4 Å². The van der Waals surface area contributed by atoms with Crippen molar-refractivity contribution < 1.29 is 24.3 Å². The minimum Gasteiger partial charge on any atom is -0.478 e. The maximum atomic E-state index is 13.1. The lowest BCUT2D eigenvalue weighted by atomic mass is 10.1. The van der Waals surface area contributed by atoms with Crippen molar-refractivity contribution in [3.05, 3.63) is 132 Å². The normalized spacial score (nSPS) is 10.8.